The van der Waals surface area contributed by atoms with Gasteiger partial charge < -0.3 is 19.1 Å². The van der Waals surface area contributed by atoms with Crippen LogP contribution < -0.4 is 0 Å². The van der Waals surface area contributed by atoms with Crippen LogP contribution in [0.4, 0.5) is 0 Å². The summed E-state index contributed by atoms with van der Waals surface area (Å²) >= 11 is 0. The van der Waals surface area contributed by atoms with E-state index < -0.39 is 12.0 Å². The quantitative estimate of drug-likeness (QED) is 0.478. The highest BCUT2D eigenvalue weighted by Gasteiger charge is 2.36. The zero-order chi connectivity index (χ0) is 21.2. The van der Waals surface area contributed by atoms with Gasteiger partial charge in [0.2, 0.25) is 6.41 Å². The molecule has 0 unspecified atom stereocenters. The second-order valence-corrected chi connectivity index (χ2v) is 8.99. The molecular formula is C23H35N3O3. The Morgan fingerprint density at radius 3 is 2.72 bits per heavy atom. The summed E-state index contributed by atoms with van der Waals surface area (Å²) < 4.78 is 13.3. The van der Waals surface area contributed by atoms with Crippen molar-refractivity contribution in [2.45, 2.75) is 78.1 Å². The SMILES string of the molecule is C=C(C)c1ccnc2c1c(CN(C1CC1)[C@@H](O)OC(C)(C)C)cn2CCCOC. The first kappa shape index (κ1) is 22.0. The Kier molecular flexibility index (Phi) is 6.79. The van der Waals surface area contributed by atoms with Crippen molar-refractivity contribution in [3.8, 4) is 0 Å². The summed E-state index contributed by atoms with van der Waals surface area (Å²) in [7, 11) is 1.72. The van der Waals surface area contributed by atoms with E-state index in [2.05, 4.69) is 27.2 Å². The molecule has 1 aliphatic rings. The van der Waals surface area contributed by atoms with E-state index in [0.717, 1.165) is 53.5 Å². The average Bonchev–Trinajstić information content (AvgIpc) is 3.41. The largest absolute Gasteiger partial charge is 0.385 e. The fourth-order valence-corrected chi connectivity index (χ4v) is 3.70. The molecule has 2 aromatic rings. The molecule has 0 aromatic carbocycles. The number of nitrogens with zero attached hydrogens (tertiary/aromatic N) is 3. The van der Waals surface area contributed by atoms with Crippen molar-refractivity contribution in [1.29, 1.82) is 0 Å². The van der Waals surface area contributed by atoms with Gasteiger partial charge in [-0.05, 0) is 64.2 Å². The Balaban J connectivity index is 1.97. The van der Waals surface area contributed by atoms with Crippen LogP contribution in [0.15, 0.2) is 25.0 Å². The molecule has 1 fully saturated rings. The van der Waals surface area contributed by atoms with Crippen LogP contribution in [0.3, 0.4) is 0 Å². The molecule has 2 aromatic heterocycles. The van der Waals surface area contributed by atoms with Crippen LogP contribution in [-0.4, -0.2) is 51.3 Å². The number of hydrogen-bond acceptors (Lipinski definition) is 5. The van der Waals surface area contributed by atoms with Gasteiger partial charge in [-0.2, -0.15) is 0 Å². The molecule has 0 amide bonds. The van der Waals surface area contributed by atoms with Crippen LogP contribution in [0.25, 0.3) is 16.6 Å². The van der Waals surface area contributed by atoms with Crippen LogP contribution in [0.1, 0.15) is 58.1 Å². The van der Waals surface area contributed by atoms with Crippen LogP contribution in [0.5, 0.6) is 0 Å². The maximum Gasteiger partial charge on any atom is 0.217 e. The van der Waals surface area contributed by atoms with Crippen LogP contribution >= 0.6 is 0 Å². The minimum absolute atomic E-state index is 0.351. The number of aryl methyl sites for hydroxylation is 1. The normalized spacial score (nSPS) is 16.0. The second kappa shape index (κ2) is 8.96. The minimum Gasteiger partial charge on any atom is -0.385 e. The Bertz CT molecular complexity index is 849. The number of fused-ring (bicyclic) bond motifs is 1. The fourth-order valence-electron chi connectivity index (χ4n) is 3.70. The first-order valence-corrected chi connectivity index (χ1v) is 10.4. The standard InChI is InChI=1S/C23H35N3O3/c1-16(2)19-10-11-24-21-20(19)17(14-25(21)12-7-13-28-6)15-26(18-8-9-18)22(27)29-23(3,4)5/h10-11,14,18,22,27H,1,7-9,12-13,15H2,2-6H3/t22-/m0/s1. The van der Waals surface area contributed by atoms with E-state index in [0.29, 0.717) is 19.2 Å². The summed E-state index contributed by atoms with van der Waals surface area (Å²) in [5, 5.41) is 11.9. The fraction of sp³-hybridized carbons (Fsp3) is 0.609. The molecule has 1 atom stereocenters. The van der Waals surface area contributed by atoms with E-state index in [1.165, 1.54) is 0 Å². The van der Waals surface area contributed by atoms with Crippen molar-refractivity contribution >= 4 is 16.6 Å². The molecule has 0 aliphatic heterocycles. The smallest absolute Gasteiger partial charge is 0.217 e. The van der Waals surface area contributed by atoms with Crippen molar-refractivity contribution in [2.75, 3.05) is 13.7 Å². The minimum atomic E-state index is -0.931. The lowest BCUT2D eigenvalue weighted by Crippen LogP contribution is -2.42. The molecule has 0 radical (unpaired) electrons. The highest BCUT2D eigenvalue weighted by atomic mass is 16.6. The average molecular weight is 402 g/mol. The number of hydrogen-bond donors (Lipinski definition) is 1. The van der Waals surface area contributed by atoms with Gasteiger partial charge in [0, 0.05) is 50.6 Å². The molecule has 0 saturated heterocycles. The van der Waals surface area contributed by atoms with Crippen molar-refractivity contribution in [1.82, 2.24) is 14.5 Å². The molecular weight excluding hydrogens is 366 g/mol. The molecule has 6 heteroatoms. The molecule has 160 valence electrons. The summed E-state index contributed by atoms with van der Waals surface area (Å²) in [4.78, 5) is 6.73. The Hall–Kier alpha value is -1.73. The molecule has 1 saturated carbocycles. The summed E-state index contributed by atoms with van der Waals surface area (Å²) in [6, 6.07) is 2.38. The molecule has 3 rings (SSSR count). The van der Waals surface area contributed by atoms with Gasteiger partial charge in [0.05, 0.1) is 5.60 Å². The molecule has 0 bridgehead atoms. The van der Waals surface area contributed by atoms with Crippen LogP contribution in [-0.2, 0) is 22.6 Å². The highest BCUT2D eigenvalue weighted by molar-refractivity contribution is 5.92. The van der Waals surface area contributed by atoms with Crippen LogP contribution in [0, 0.1) is 0 Å². The molecule has 2 heterocycles. The number of pyridine rings is 1. The van der Waals surface area contributed by atoms with Crippen LogP contribution in [0.2, 0.25) is 0 Å². The van der Waals surface area contributed by atoms with E-state index in [4.69, 9.17) is 9.47 Å². The summed E-state index contributed by atoms with van der Waals surface area (Å²) in [6.07, 6.45) is 6.17. The first-order chi connectivity index (χ1) is 13.7. The van der Waals surface area contributed by atoms with E-state index in [9.17, 15) is 5.11 Å². The number of rotatable bonds is 10. The predicted molar refractivity (Wildman–Crippen MR) is 116 cm³/mol. The van der Waals surface area contributed by atoms with Crippen molar-refractivity contribution in [3.05, 3.63) is 36.2 Å². The highest BCUT2D eigenvalue weighted by Crippen LogP contribution is 2.34. The van der Waals surface area contributed by atoms with E-state index >= 15 is 0 Å². The summed E-state index contributed by atoms with van der Waals surface area (Å²) in [5.74, 6) is 0. The molecule has 0 spiro atoms. The van der Waals surface area contributed by atoms with Crippen molar-refractivity contribution in [3.63, 3.8) is 0 Å². The van der Waals surface area contributed by atoms with Gasteiger partial charge in [-0.15, -0.1) is 0 Å². The molecule has 6 nitrogen and oxygen atoms in total. The Labute approximate surface area is 174 Å². The molecule has 1 aliphatic carbocycles. The second-order valence-electron chi connectivity index (χ2n) is 8.99. The van der Waals surface area contributed by atoms with Gasteiger partial charge in [-0.25, -0.2) is 9.88 Å². The third-order valence-corrected chi connectivity index (χ3v) is 5.15. The third kappa shape index (κ3) is 5.45. The van der Waals surface area contributed by atoms with Gasteiger partial charge in [0.25, 0.3) is 0 Å². The number of methoxy groups -OCH3 is 1. The van der Waals surface area contributed by atoms with Crippen molar-refractivity contribution < 1.29 is 14.6 Å². The van der Waals surface area contributed by atoms with E-state index in [1.54, 1.807) is 7.11 Å². The monoisotopic (exact) mass is 401 g/mol. The van der Waals surface area contributed by atoms with Crippen molar-refractivity contribution in [2.24, 2.45) is 0 Å². The topological polar surface area (TPSA) is 59.8 Å². The van der Waals surface area contributed by atoms with Gasteiger partial charge in [-0.1, -0.05) is 12.2 Å². The first-order valence-electron chi connectivity index (χ1n) is 10.4. The Morgan fingerprint density at radius 1 is 1.41 bits per heavy atom. The number of aliphatic hydroxyl groups is 1. The summed E-state index contributed by atoms with van der Waals surface area (Å²) in [6.45, 7) is 14.2. The Morgan fingerprint density at radius 2 is 2.14 bits per heavy atom. The summed E-state index contributed by atoms with van der Waals surface area (Å²) in [5.41, 5.74) is 3.81. The maximum atomic E-state index is 10.8. The number of aromatic nitrogens is 2. The van der Waals surface area contributed by atoms with Gasteiger partial charge in [0.1, 0.15) is 5.65 Å². The lowest BCUT2D eigenvalue weighted by Gasteiger charge is -2.32. The van der Waals surface area contributed by atoms with Gasteiger partial charge in [0.15, 0.2) is 0 Å². The van der Waals surface area contributed by atoms with Gasteiger partial charge >= 0.3 is 0 Å². The lowest BCUT2D eigenvalue weighted by atomic mass is 10.0. The molecule has 1 N–H and O–H groups in total. The maximum absolute atomic E-state index is 10.8. The number of allylic oxidation sites excluding steroid dienone is 1. The zero-order valence-electron chi connectivity index (χ0n) is 18.4. The lowest BCUT2D eigenvalue weighted by molar-refractivity contribution is -0.244. The van der Waals surface area contributed by atoms with Gasteiger partial charge in [-0.3, -0.25) is 0 Å². The van der Waals surface area contributed by atoms with E-state index in [-0.39, 0.29) is 0 Å². The molecule has 29 heavy (non-hydrogen) atoms. The number of aliphatic hydroxyl groups excluding tert-OH is 1. The number of ether oxygens (including phenoxy) is 2. The zero-order valence-corrected chi connectivity index (χ0v) is 18.4. The van der Waals surface area contributed by atoms with E-state index in [1.807, 2.05) is 40.0 Å². The predicted octanol–water partition coefficient (Wildman–Crippen LogP) is 4.16. The third-order valence-electron chi connectivity index (χ3n) is 5.15.